The fraction of sp³-hybridized carbons (Fsp3) is 0.514. The lowest BCUT2D eigenvalue weighted by molar-refractivity contribution is -0.124. The number of esters is 1. The molecule has 5 rings (SSSR count). The van der Waals surface area contributed by atoms with Crippen molar-refractivity contribution < 1.29 is 28.2 Å². The molecule has 1 saturated carbocycles. The maximum absolute atomic E-state index is 13.6. The van der Waals surface area contributed by atoms with Crippen molar-refractivity contribution in [2.24, 2.45) is 5.92 Å². The topological polar surface area (TPSA) is 92.0 Å². The van der Waals surface area contributed by atoms with E-state index in [1.165, 1.54) is 26.0 Å². The number of rotatable bonds is 9. The van der Waals surface area contributed by atoms with Gasteiger partial charge in [-0.1, -0.05) is 46.5 Å². The van der Waals surface area contributed by atoms with E-state index in [2.05, 4.69) is 40.7 Å². The lowest BCUT2D eigenvalue weighted by Gasteiger charge is -2.47. The Morgan fingerprint density at radius 2 is 1.86 bits per heavy atom. The van der Waals surface area contributed by atoms with Crippen molar-refractivity contribution in [3.05, 3.63) is 63.5 Å². The van der Waals surface area contributed by atoms with Crippen LogP contribution in [-0.2, 0) is 10.2 Å². The molecule has 0 spiro atoms. The van der Waals surface area contributed by atoms with Gasteiger partial charge in [0, 0.05) is 41.7 Å². The highest BCUT2D eigenvalue weighted by molar-refractivity contribution is 5.94. The molecule has 7 nitrogen and oxygen atoms in total. The quantitative estimate of drug-likeness (QED) is 0.111. The molecule has 0 N–H and O–H groups in total. The van der Waals surface area contributed by atoms with Crippen molar-refractivity contribution in [2.75, 3.05) is 7.11 Å². The highest BCUT2D eigenvalue weighted by Crippen LogP contribution is 2.55. The fourth-order valence-corrected chi connectivity index (χ4v) is 6.68. The van der Waals surface area contributed by atoms with E-state index in [1.54, 1.807) is 18.2 Å². The molecular formula is C35H42O7. The summed E-state index contributed by atoms with van der Waals surface area (Å²) in [7, 11) is 1.53. The van der Waals surface area contributed by atoms with Crippen LogP contribution in [0.4, 0.5) is 0 Å². The van der Waals surface area contributed by atoms with Crippen molar-refractivity contribution >= 4 is 22.7 Å². The molecule has 0 amide bonds. The Bertz CT molecular complexity index is 1560. The second-order valence-electron chi connectivity index (χ2n) is 13.0. The number of carbonyl (C=O) groups is 2. The average molecular weight is 575 g/mol. The van der Waals surface area contributed by atoms with Crippen molar-refractivity contribution in [2.45, 2.75) is 103 Å². The van der Waals surface area contributed by atoms with Gasteiger partial charge < -0.3 is 18.6 Å². The number of ketones is 1. The largest absolute Gasteiger partial charge is 0.497 e. The molecule has 1 aromatic heterocycles. The van der Waals surface area contributed by atoms with Crippen LogP contribution in [-0.4, -0.2) is 24.5 Å². The summed E-state index contributed by atoms with van der Waals surface area (Å²) in [5.74, 6) is 0.886. The first-order chi connectivity index (χ1) is 19.9. The molecule has 0 unspecified atom stereocenters. The van der Waals surface area contributed by atoms with Crippen molar-refractivity contribution in [1.82, 2.24) is 0 Å². The SMILES string of the molecule is CCCCCCC(C)(C)c1cc(OC(=O)c2cc3ccc(OC)cc3oc2=O)c2c(c1)OC(C)(C)[C@@H]1CCC(=O)C[C@@H]21. The number of fused-ring (bicyclic) bond motifs is 4. The van der Waals surface area contributed by atoms with Gasteiger partial charge >= 0.3 is 11.6 Å². The molecule has 2 atom stereocenters. The van der Waals surface area contributed by atoms with E-state index in [0.717, 1.165) is 30.4 Å². The van der Waals surface area contributed by atoms with Crippen molar-refractivity contribution in [1.29, 1.82) is 0 Å². The Hall–Kier alpha value is -3.61. The second-order valence-corrected chi connectivity index (χ2v) is 13.0. The third kappa shape index (κ3) is 5.83. The zero-order valence-electron chi connectivity index (χ0n) is 25.6. The molecule has 0 radical (unpaired) electrons. The molecule has 0 saturated heterocycles. The Morgan fingerprint density at radius 3 is 2.60 bits per heavy atom. The van der Waals surface area contributed by atoms with Crippen LogP contribution in [0.5, 0.6) is 17.2 Å². The van der Waals surface area contributed by atoms with E-state index < -0.39 is 17.2 Å². The fourth-order valence-electron chi connectivity index (χ4n) is 6.68. The highest BCUT2D eigenvalue weighted by Gasteiger charge is 2.48. The summed E-state index contributed by atoms with van der Waals surface area (Å²) in [6.07, 6.45) is 7.17. The van der Waals surface area contributed by atoms with Gasteiger partial charge in [-0.3, -0.25) is 4.79 Å². The Labute approximate surface area is 247 Å². The molecule has 1 aliphatic carbocycles. The van der Waals surface area contributed by atoms with E-state index in [-0.39, 0.29) is 28.6 Å². The van der Waals surface area contributed by atoms with Gasteiger partial charge in [-0.2, -0.15) is 0 Å². The number of ether oxygens (including phenoxy) is 3. The predicted octanol–water partition coefficient (Wildman–Crippen LogP) is 7.89. The number of Topliss-reactive ketones (excluding diaryl/α,β-unsaturated/α-hetero) is 1. The number of unbranched alkanes of at least 4 members (excludes halogenated alkanes) is 3. The van der Waals surface area contributed by atoms with Crippen LogP contribution in [0.1, 0.15) is 113 Å². The summed E-state index contributed by atoms with van der Waals surface area (Å²) in [5.41, 5.74) is 0.376. The zero-order chi connectivity index (χ0) is 30.2. The summed E-state index contributed by atoms with van der Waals surface area (Å²) in [6, 6.07) is 10.5. The van der Waals surface area contributed by atoms with Gasteiger partial charge in [-0.15, -0.1) is 0 Å². The number of hydrogen-bond acceptors (Lipinski definition) is 7. The minimum Gasteiger partial charge on any atom is -0.497 e. The normalized spacial score (nSPS) is 19.5. The van der Waals surface area contributed by atoms with Crippen LogP contribution in [0, 0.1) is 5.92 Å². The average Bonchev–Trinajstić information content (AvgIpc) is 2.93. The molecule has 7 heteroatoms. The lowest BCUT2D eigenvalue weighted by Crippen LogP contribution is -2.47. The van der Waals surface area contributed by atoms with Crippen LogP contribution in [0.3, 0.4) is 0 Å². The van der Waals surface area contributed by atoms with Gasteiger partial charge in [-0.05, 0) is 68.0 Å². The molecule has 2 aliphatic rings. The lowest BCUT2D eigenvalue weighted by atomic mass is 9.66. The Kier molecular flexibility index (Phi) is 8.23. The molecule has 3 aromatic rings. The van der Waals surface area contributed by atoms with Crippen LogP contribution in [0.25, 0.3) is 11.0 Å². The van der Waals surface area contributed by atoms with Crippen LogP contribution >= 0.6 is 0 Å². The third-order valence-corrected chi connectivity index (χ3v) is 9.21. The van der Waals surface area contributed by atoms with Gasteiger partial charge in [0.05, 0.1) is 7.11 Å². The second kappa shape index (κ2) is 11.6. The van der Waals surface area contributed by atoms with Gasteiger partial charge in [0.15, 0.2) is 0 Å². The van der Waals surface area contributed by atoms with Crippen molar-refractivity contribution in [3.8, 4) is 17.2 Å². The first-order valence-corrected chi connectivity index (χ1v) is 15.2. The van der Waals surface area contributed by atoms with Crippen molar-refractivity contribution in [3.63, 3.8) is 0 Å². The maximum Gasteiger partial charge on any atom is 0.351 e. The predicted molar refractivity (Wildman–Crippen MR) is 162 cm³/mol. The number of methoxy groups -OCH3 is 1. The third-order valence-electron chi connectivity index (χ3n) is 9.21. The van der Waals surface area contributed by atoms with Crippen LogP contribution in [0.15, 0.2) is 45.6 Å². The zero-order valence-corrected chi connectivity index (χ0v) is 25.6. The Balaban J connectivity index is 1.58. The van der Waals surface area contributed by atoms with Gasteiger partial charge in [0.25, 0.3) is 0 Å². The Morgan fingerprint density at radius 1 is 1.07 bits per heavy atom. The monoisotopic (exact) mass is 574 g/mol. The molecule has 2 heterocycles. The first kappa shape index (κ1) is 29.9. The summed E-state index contributed by atoms with van der Waals surface area (Å²) in [5, 5.41) is 0.578. The van der Waals surface area contributed by atoms with Crippen LogP contribution in [0.2, 0.25) is 0 Å². The molecular weight excluding hydrogens is 532 g/mol. The van der Waals surface area contributed by atoms with Gasteiger partial charge in [0.1, 0.15) is 39.8 Å². The number of carbonyl (C=O) groups excluding carboxylic acids is 2. The molecule has 1 aliphatic heterocycles. The van der Waals surface area contributed by atoms with Gasteiger partial charge in [0.2, 0.25) is 0 Å². The van der Waals surface area contributed by atoms with Crippen LogP contribution < -0.4 is 19.8 Å². The molecule has 0 bridgehead atoms. The summed E-state index contributed by atoms with van der Waals surface area (Å²) in [6.45, 7) is 10.7. The maximum atomic E-state index is 13.6. The van der Waals surface area contributed by atoms with E-state index in [1.807, 2.05) is 6.07 Å². The minimum atomic E-state index is -0.801. The standard InChI is InChI=1S/C35H42O7/c1-7-8-9-10-15-34(2,3)22-17-29(31-25-19-23(36)12-14-27(25)35(4,5)42-30(31)18-22)41-33(38)26-16-21-11-13-24(39-6)20-28(21)40-32(26)37/h11,13,16-18,20,25,27H,7-10,12,14-15,19H2,1-6H3/t25-,27-/m1/s1. The summed E-state index contributed by atoms with van der Waals surface area (Å²) < 4.78 is 23.4. The van der Waals surface area contributed by atoms with E-state index in [4.69, 9.17) is 18.6 Å². The number of hydrogen-bond donors (Lipinski definition) is 0. The highest BCUT2D eigenvalue weighted by atomic mass is 16.5. The molecule has 1 fully saturated rings. The smallest absolute Gasteiger partial charge is 0.351 e. The first-order valence-electron chi connectivity index (χ1n) is 15.2. The summed E-state index contributed by atoms with van der Waals surface area (Å²) in [4.78, 5) is 39.3. The minimum absolute atomic E-state index is 0.0915. The van der Waals surface area contributed by atoms with E-state index in [9.17, 15) is 14.4 Å². The van der Waals surface area contributed by atoms with E-state index >= 15 is 0 Å². The number of benzene rings is 2. The van der Waals surface area contributed by atoms with Gasteiger partial charge in [-0.25, -0.2) is 9.59 Å². The molecule has 42 heavy (non-hydrogen) atoms. The molecule has 2 aromatic carbocycles. The summed E-state index contributed by atoms with van der Waals surface area (Å²) >= 11 is 0. The molecule has 224 valence electrons. The van der Waals surface area contributed by atoms with E-state index in [0.29, 0.717) is 47.5 Å².